The van der Waals surface area contributed by atoms with E-state index in [2.05, 4.69) is 5.32 Å². The van der Waals surface area contributed by atoms with Crippen LogP contribution in [0.3, 0.4) is 0 Å². The van der Waals surface area contributed by atoms with Crippen LogP contribution in [0.5, 0.6) is 0 Å². The van der Waals surface area contributed by atoms with Crippen LogP contribution >= 0.6 is 11.6 Å². The van der Waals surface area contributed by atoms with Crippen LogP contribution in [0.2, 0.25) is 5.02 Å². The van der Waals surface area contributed by atoms with E-state index in [9.17, 15) is 9.59 Å². The number of amides is 2. The van der Waals surface area contributed by atoms with E-state index < -0.39 is 6.09 Å². The number of hydrogen-bond acceptors (Lipinski definition) is 3. The van der Waals surface area contributed by atoms with Crippen molar-refractivity contribution in [3.8, 4) is 0 Å². The van der Waals surface area contributed by atoms with Gasteiger partial charge in [0.2, 0.25) is 5.91 Å². The third-order valence-electron chi connectivity index (χ3n) is 3.69. The molecular formula is C16H21ClN2O3. The molecule has 1 fully saturated rings. The molecule has 1 heterocycles. The van der Waals surface area contributed by atoms with Crippen LogP contribution in [0.1, 0.15) is 37.8 Å². The van der Waals surface area contributed by atoms with Gasteiger partial charge in [0, 0.05) is 24.5 Å². The molecule has 1 unspecified atom stereocenters. The summed E-state index contributed by atoms with van der Waals surface area (Å²) >= 11 is 6.03. The molecule has 0 bridgehead atoms. The number of benzene rings is 1. The molecule has 0 spiro atoms. The van der Waals surface area contributed by atoms with Crippen molar-refractivity contribution in [2.75, 3.05) is 19.7 Å². The summed E-state index contributed by atoms with van der Waals surface area (Å²) in [6.07, 6.45) is 1.71. The predicted molar refractivity (Wildman–Crippen MR) is 84.8 cm³/mol. The smallest absolute Gasteiger partial charge is 0.407 e. The van der Waals surface area contributed by atoms with Gasteiger partial charge in [0.25, 0.3) is 0 Å². The van der Waals surface area contributed by atoms with Crippen LogP contribution in [0, 0.1) is 0 Å². The molecule has 120 valence electrons. The number of carbonyl (C=O) groups is 2. The van der Waals surface area contributed by atoms with E-state index >= 15 is 0 Å². The van der Waals surface area contributed by atoms with Gasteiger partial charge >= 0.3 is 6.09 Å². The standard InChI is InChI=1S/C16H21ClN2O3/c1-2-22-16(21)18-9-8-15(20)19-10-4-7-14(19)12-5-3-6-13(17)11-12/h3,5-6,11,14H,2,4,7-10H2,1H3,(H,18,21). The first-order valence-corrected chi connectivity index (χ1v) is 7.95. The number of carbonyl (C=O) groups excluding carboxylic acids is 2. The fourth-order valence-electron chi connectivity index (χ4n) is 2.72. The van der Waals surface area contributed by atoms with Gasteiger partial charge in [0.05, 0.1) is 12.6 Å². The zero-order chi connectivity index (χ0) is 15.9. The fraction of sp³-hybridized carbons (Fsp3) is 0.500. The maximum Gasteiger partial charge on any atom is 0.407 e. The van der Waals surface area contributed by atoms with E-state index in [-0.39, 0.29) is 24.9 Å². The summed E-state index contributed by atoms with van der Waals surface area (Å²) in [6.45, 7) is 3.10. The highest BCUT2D eigenvalue weighted by molar-refractivity contribution is 6.30. The monoisotopic (exact) mass is 324 g/mol. The molecule has 5 nitrogen and oxygen atoms in total. The van der Waals surface area contributed by atoms with E-state index in [1.807, 2.05) is 29.2 Å². The van der Waals surface area contributed by atoms with E-state index in [4.69, 9.17) is 16.3 Å². The van der Waals surface area contributed by atoms with Gasteiger partial charge in [-0.1, -0.05) is 23.7 Å². The second-order valence-corrected chi connectivity index (χ2v) is 5.63. The minimum atomic E-state index is -0.483. The molecule has 0 aromatic heterocycles. The molecule has 1 aliphatic rings. The number of rotatable bonds is 5. The lowest BCUT2D eigenvalue weighted by molar-refractivity contribution is -0.132. The van der Waals surface area contributed by atoms with Crippen LogP contribution < -0.4 is 5.32 Å². The Bertz CT molecular complexity index is 536. The number of ether oxygens (including phenoxy) is 1. The molecule has 1 atom stereocenters. The van der Waals surface area contributed by atoms with Crippen molar-refractivity contribution in [3.63, 3.8) is 0 Å². The third-order valence-corrected chi connectivity index (χ3v) is 3.93. The van der Waals surface area contributed by atoms with Crippen LogP contribution in [-0.4, -0.2) is 36.6 Å². The summed E-state index contributed by atoms with van der Waals surface area (Å²) in [6, 6.07) is 7.72. The highest BCUT2D eigenvalue weighted by Gasteiger charge is 2.29. The van der Waals surface area contributed by atoms with Crippen LogP contribution in [0.15, 0.2) is 24.3 Å². The fourth-order valence-corrected chi connectivity index (χ4v) is 2.92. The van der Waals surface area contributed by atoms with Crippen molar-refractivity contribution in [2.45, 2.75) is 32.2 Å². The van der Waals surface area contributed by atoms with E-state index in [0.717, 1.165) is 24.9 Å². The van der Waals surface area contributed by atoms with Gasteiger partial charge < -0.3 is 15.0 Å². The Balaban J connectivity index is 1.90. The highest BCUT2D eigenvalue weighted by atomic mass is 35.5. The lowest BCUT2D eigenvalue weighted by Crippen LogP contribution is -2.34. The van der Waals surface area contributed by atoms with Gasteiger partial charge in [-0.2, -0.15) is 0 Å². The molecule has 0 radical (unpaired) electrons. The molecule has 22 heavy (non-hydrogen) atoms. The van der Waals surface area contributed by atoms with E-state index in [1.165, 1.54) is 0 Å². The zero-order valence-electron chi connectivity index (χ0n) is 12.7. The van der Waals surface area contributed by atoms with Crippen molar-refractivity contribution in [2.24, 2.45) is 0 Å². The van der Waals surface area contributed by atoms with Gasteiger partial charge in [-0.25, -0.2) is 4.79 Å². The second kappa shape index (κ2) is 8.03. The number of alkyl carbamates (subject to hydrolysis) is 1. The molecule has 2 rings (SSSR count). The molecule has 0 saturated carbocycles. The molecule has 0 aliphatic carbocycles. The Hall–Kier alpha value is -1.75. The van der Waals surface area contributed by atoms with Crippen molar-refractivity contribution in [3.05, 3.63) is 34.9 Å². The zero-order valence-corrected chi connectivity index (χ0v) is 13.4. The van der Waals surface area contributed by atoms with Gasteiger partial charge in [-0.05, 0) is 37.5 Å². The van der Waals surface area contributed by atoms with Crippen LogP contribution in [-0.2, 0) is 9.53 Å². The molecule has 1 aromatic carbocycles. The van der Waals surface area contributed by atoms with Crippen LogP contribution in [0.4, 0.5) is 4.79 Å². The SMILES string of the molecule is CCOC(=O)NCCC(=O)N1CCCC1c1cccc(Cl)c1. The van der Waals surface area contributed by atoms with Crippen molar-refractivity contribution >= 4 is 23.6 Å². The van der Waals surface area contributed by atoms with Crippen molar-refractivity contribution in [1.29, 1.82) is 0 Å². The molecule has 1 saturated heterocycles. The van der Waals surface area contributed by atoms with Crippen molar-refractivity contribution < 1.29 is 14.3 Å². The quantitative estimate of drug-likeness (QED) is 0.905. The molecular weight excluding hydrogens is 304 g/mol. The first-order valence-electron chi connectivity index (χ1n) is 7.57. The molecule has 1 aromatic rings. The Labute approximate surface area is 135 Å². The predicted octanol–water partition coefficient (Wildman–Crippen LogP) is 3.14. The molecule has 2 amide bonds. The Morgan fingerprint density at radius 1 is 1.45 bits per heavy atom. The maximum absolute atomic E-state index is 12.4. The summed E-state index contributed by atoms with van der Waals surface area (Å²) in [7, 11) is 0. The van der Waals surface area contributed by atoms with E-state index in [1.54, 1.807) is 6.92 Å². The van der Waals surface area contributed by atoms with Gasteiger partial charge in [0.1, 0.15) is 0 Å². The summed E-state index contributed by atoms with van der Waals surface area (Å²) in [4.78, 5) is 25.4. The Morgan fingerprint density at radius 2 is 2.27 bits per heavy atom. The Kier molecular flexibility index (Phi) is 6.07. The average Bonchev–Trinajstić information content (AvgIpc) is 2.97. The minimum Gasteiger partial charge on any atom is -0.450 e. The second-order valence-electron chi connectivity index (χ2n) is 5.20. The van der Waals surface area contributed by atoms with Crippen LogP contribution in [0.25, 0.3) is 0 Å². The Morgan fingerprint density at radius 3 is 3.00 bits per heavy atom. The topological polar surface area (TPSA) is 58.6 Å². The molecule has 1 N–H and O–H groups in total. The van der Waals surface area contributed by atoms with Gasteiger partial charge in [-0.15, -0.1) is 0 Å². The lowest BCUT2D eigenvalue weighted by Gasteiger charge is -2.25. The first kappa shape index (κ1) is 16.6. The number of nitrogens with zero attached hydrogens (tertiary/aromatic N) is 1. The normalized spacial score (nSPS) is 17.4. The molecule has 6 heteroatoms. The largest absolute Gasteiger partial charge is 0.450 e. The molecule has 1 aliphatic heterocycles. The summed E-state index contributed by atoms with van der Waals surface area (Å²) in [5, 5.41) is 3.25. The number of hydrogen-bond donors (Lipinski definition) is 1. The van der Waals surface area contributed by atoms with Crippen molar-refractivity contribution in [1.82, 2.24) is 10.2 Å². The van der Waals surface area contributed by atoms with E-state index in [0.29, 0.717) is 11.6 Å². The minimum absolute atomic E-state index is 0.0410. The number of nitrogens with one attached hydrogen (secondary N) is 1. The first-order chi connectivity index (χ1) is 10.6. The van der Waals surface area contributed by atoms with Gasteiger partial charge in [0.15, 0.2) is 0 Å². The third kappa shape index (κ3) is 4.37. The summed E-state index contributed by atoms with van der Waals surface area (Å²) in [5.74, 6) is 0.0410. The summed E-state index contributed by atoms with van der Waals surface area (Å²) < 4.78 is 4.76. The average molecular weight is 325 g/mol. The summed E-state index contributed by atoms with van der Waals surface area (Å²) in [5.41, 5.74) is 1.07. The lowest BCUT2D eigenvalue weighted by atomic mass is 10.0. The highest BCUT2D eigenvalue weighted by Crippen LogP contribution is 2.33. The number of halogens is 1. The van der Waals surface area contributed by atoms with Gasteiger partial charge in [-0.3, -0.25) is 4.79 Å². The maximum atomic E-state index is 12.4. The number of likely N-dealkylation sites (tertiary alicyclic amines) is 1.